The maximum absolute atomic E-state index is 11.4. The quantitative estimate of drug-likeness (QED) is 0.602. The second kappa shape index (κ2) is 6.43. The van der Waals surface area contributed by atoms with Gasteiger partial charge in [-0.1, -0.05) is 20.8 Å². The van der Waals surface area contributed by atoms with Gasteiger partial charge in [-0.05, 0) is 50.4 Å². The third kappa shape index (κ3) is 2.56. The molecule has 2 aliphatic carbocycles. The summed E-state index contributed by atoms with van der Waals surface area (Å²) in [6.07, 6.45) is 3.73. The molecule has 3 fully saturated rings. The summed E-state index contributed by atoms with van der Waals surface area (Å²) < 4.78 is 6.60. The lowest BCUT2D eigenvalue weighted by molar-refractivity contribution is -0.271. The number of carbonyl (C=O) groups is 1. The number of hydrogen-bond acceptors (Lipinski definition) is 5. The van der Waals surface area contributed by atoms with Crippen LogP contribution in [-0.4, -0.2) is 56.9 Å². The second-order valence-corrected chi connectivity index (χ2v) is 9.57. The number of ether oxygens (including phenoxy) is 1. The monoisotopic (exact) mass is 370 g/mol. The van der Waals surface area contributed by atoms with Gasteiger partial charge in [0, 0.05) is 10.8 Å². The number of fused-ring (bicyclic) bond motifs is 2. The zero-order chi connectivity index (χ0) is 19.4. The van der Waals surface area contributed by atoms with Gasteiger partial charge in [0.05, 0.1) is 31.3 Å². The van der Waals surface area contributed by atoms with Crippen molar-refractivity contribution in [3.63, 3.8) is 0 Å². The molecule has 0 aromatic rings. The molecule has 6 nitrogen and oxygen atoms in total. The van der Waals surface area contributed by atoms with Gasteiger partial charge in [0.25, 0.3) is 0 Å². The Balaban J connectivity index is 2.02. The van der Waals surface area contributed by atoms with Gasteiger partial charge < -0.3 is 25.2 Å². The fourth-order valence-corrected chi connectivity index (χ4v) is 6.70. The largest absolute Gasteiger partial charge is 0.481 e. The summed E-state index contributed by atoms with van der Waals surface area (Å²) in [6, 6.07) is 0. The molecular formula is C20H34O6. The number of hydrogen-bond donors (Lipinski definition) is 4. The molecule has 7 atom stereocenters. The Labute approximate surface area is 155 Å². The molecule has 26 heavy (non-hydrogen) atoms. The summed E-state index contributed by atoms with van der Waals surface area (Å²) in [5, 5.41) is 40.0. The lowest BCUT2D eigenvalue weighted by Gasteiger charge is -2.65. The highest BCUT2D eigenvalue weighted by molar-refractivity contribution is 5.68. The third-order valence-electron chi connectivity index (χ3n) is 8.37. The van der Waals surface area contributed by atoms with Crippen molar-refractivity contribution in [2.24, 2.45) is 22.7 Å². The molecule has 3 aliphatic rings. The Morgan fingerprint density at radius 3 is 2.35 bits per heavy atom. The Morgan fingerprint density at radius 1 is 1.08 bits per heavy atom. The molecule has 150 valence electrons. The molecule has 0 aromatic carbocycles. The molecule has 0 bridgehead atoms. The Hall–Kier alpha value is -0.690. The van der Waals surface area contributed by atoms with E-state index >= 15 is 0 Å². The predicted octanol–water partition coefficient (Wildman–Crippen LogP) is 1.95. The van der Waals surface area contributed by atoms with Crippen LogP contribution in [0.4, 0.5) is 0 Å². The molecule has 0 radical (unpaired) electrons. The van der Waals surface area contributed by atoms with Gasteiger partial charge in [-0.2, -0.15) is 0 Å². The van der Waals surface area contributed by atoms with Gasteiger partial charge in [-0.15, -0.1) is 0 Å². The topological polar surface area (TPSA) is 107 Å². The Kier molecular flexibility index (Phi) is 4.96. The van der Waals surface area contributed by atoms with Crippen molar-refractivity contribution >= 4 is 5.97 Å². The smallest absolute Gasteiger partial charge is 0.306 e. The van der Waals surface area contributed by atoms with Crippen molar-refractivity contribution in [3.05, 3.63) is 0 Å². The van der Waals surface area contributed by atoms with E-state index in [0.717, 1.165) is 19.3 Å². The molecule has 6 heteroatoms. The first-order valence-electron chi connectivity index (χ1n) is 9.91. The van der Waals surface area contributed by atoms with Crippen molar-refractivity contribution in [1.82, 2.24) is 0 Å². The van der Waals surface area contributed by atoms with Crippen LogP contribution in [0, 0.1) is 22.7 Å². The highest BCUT2D eigenvalue weighted by Crippen LogP contribution is 2.67. The van der Waals surface area contributed by atoms with Gasteiger partial charge >= 0.3 is 5.97 Å². The summed E-state index contributed by atoms with van der Waals surface area (Å²) in [5.41, 5.74) is -2.40. The van der Waals surface area contributed by atoms with Crippen molar-refractivity contribution in [3.8, 4) is 0 Å². The fraction of sp³-hybridized carbons (Fsp3) is 0.950. The van der Waals surface area contributed by atoms with E-state index in [1.807, 2.05) is 6.92 Å². The molecule has 1 spiro atoms. The standard InChI is InChI=1S/C20H34O6/c1-13-4-5-14-17(2,11-21)15(23)6-7-18(14,3)20(13)9-8-19(12-22,26-20)10-16(24)25/h13-15,21-23H,4-12H2,1-3H3,(H,24,25)/t13-,14+,15+,17+,18+,19+,20-/m1/s1. The van der Waals surface area contributed by atoms with Crippen LogP contribution < -0.4 is 0 Å². The minimum atomic E-state index is -1.03. The van der Waals surface area contributed by atoms with Crippen molar-refractivity contribution in [2.45, 2.75) is 83.0 Å². The molecule has 0 aromatic heterocycles. The first kappa shape index (κ1) is 20.1. The first-order valence-corrected chi connectivity index (χ1v) is 9.91. The normalized spacial score (nSPS) is 51.4. The zero-order valence-electron chi connectivity index (χ0n) is 16.2. The minimum Gasteiger partial charge on any atom is -0.481 e. The van der Waals surface area contributed by atoms with E-state index in [0.29, 0.717) is 19.3 Å². The average Bonchev–Trinajstić information content (AvgIpc) is 2.98. The number of aliphatic hydroxyl groups excluding tert-OH is 3. The molecule has 0 unspecified atom stereocenters. The minimum absolute atomic E-state index is 0.0703. The maximum Gasteiger partial charge on any atom is 0.306 e. The second-order valence-electron chi connectivity index (χ2n) is 9.57. The van der Waals surface area contributed by atoms with Crippen LogP contribution >= 0.6 is 0 Å². The van der Waals surface area contributed by atoms with Gasteiger partial charge in [0.2, 0.25) is 0 Å². The average molecular weight is 370 g/mol. The van der Waals surface area contributed by atoms with Crippen LogP contribution in [-0.2, 0) is 9.53 Å². The van der Waals surface area contributed by atoms with Gasteiger partial charge in [-0.3, -0.25) is 4.79 Å². The molecule has 1 heterocycles. The Morgan fingerprint density at radius 2 is 1.77 bits per heavy atom. The van der Waals surface area contributed by atoms with E-state index in [9.17, 15) is 25.2 Å². The molecule has 4 N–H and O–H groups in total. The van der Waals surface area contributed by atoms with Crippen LogP contribution in [0.5, 0.6) is 0 Å². The summed E-state index contributed by atoms with van der Waals surface area (Å²) in [7, 11) is 0. The number of rotatable bonds is 4. The molecule has 1 saturated heterocycles. The summed E-state index contributed by atoms with van der Waals surface area (Å²) in [4.78, 5) is 11.4. The SMILES string of the molecule is C[C@@H]1CC[C@H]2[C@](C)(CO)[C@@H](O)CC[C@]2(C)[C@@]12CC[C@@](CO)(CC(=O)O)O2. The molecular weight excluding hydrogens is 336 g/mol. The van der Waals surface area contributed by atoms with Crippen LogP contribution in [0.2, 0.25) is 0 Å². The van der Waals surface area contributed by atoms with E-state index in [4.69, 9.17) is 4.74 Å². The molecule has 2 saturated carbocycles. The predicted molar refractivity (Wildman–Crippen MR) is 95.5 cm³/mol. The van der Waals surface area contributed by atoms with E-state index in [1.165, 1.54) is 0 Å². The maximum atomic E-state index is 11.4. The summed E-state index contributed by atoms with van der Waals surface area (Å²) in [6.45, 7) is 5.96. The van der Waals surface area contributed by atoms with E-state index in [-0.39, 0.29) is 36.9 Å². The zero-order valence-corrected chi connectivity index (χ0v) is 16.2. The number of aliphatic hydroxyl groups is 3. The number of carboxylic acids is 1. The van der Waals surface area contributed by atoms with Gasteiger partial charge in [0.15, 0.2) is 0 Å². The molecule has 3 rings (SSSR count). The highest BCUT2D eigenvalue weighted by atomic mass is 16.5. The van der Waals surface area contributed by atoms with Crippen LogP contribution in [0.25, 0.3) is 0 Å². The summed E-state index contributed by atoms with van der Waals surface area (Å²) >= 11 is 0. The van der Waals surface area contributed by atoms with Crippen LogP contribution in [0.3, 0.4) is 0 Å². The van der Waals surface area contributed by atoms with E-state index in [2.05, 4.69) is 13.8 Å². The van der Waals surface area contributed by atoms with Crippen LogP contribution in [0.1, 0.15) is 65.7 Å². The first-order chi connectivity index (χ1) is 12.1. The fourth-order valence-electron chi connectivity index (χ4n) is 6.70. The van der Waals surface area contributed by atoms with Gasteiger partial charge in [0.1, 0.15) is 5.60 Å². The third-order valence-corrected chi connectivity index (χ3v) is 8.37. The summed E-state index contributed by atoms with van der Waals surface area (Å²) in [5.74, 6) is -0.621. The van der Waals surface area contributed by atoms with Crippen molar-refractivity contribution in [2.75, 3.05) is 13.2 Å². The van der Waals surface area contributed by atoms with E-state index in [1.54, 1.807) is 0 Å². The lowest BCUT2D eigenvalue weighted by atomic mass is 9.43. The lowest BCUT2D eigenvalue weighted by Crippen LogP contribution is -2.66. The van der Waals surface area contributed by atoms with Crippen molar-refractivity contribution < 1.29 is 30.0 Å². The highest BCUT2D eigenvalue weighted by Gasteiger charge is 2.68. The van der Waals surface area contributed by atoms with Crippen LogP contribution in [0.15, 0.2) is 0 Å². The number of aliphatic carboxylic acids is 1. The molecule has 1 aliphatic heterocycles. The van der Waals surface area contributed by atoms with Gasteiger partial charge in [-0.25, -0.2) is 0 Å². The Bertz CT molecular complexity index is 567. The van der Waals surface area contributed by atoms with Crippen molar-refractivity contribution in [1.29, 1.82) is 0 Å². The van der Waals surface area contributed by atoms with E-state index < -0.39 is 28.7 Å². The molecule has 0 amide bonds. The number of carboxylic acid groups (broad SMARTS) is 1.